The van der Waals surface area contributed by atoms with Crippen LogP contribution < -0.4 is 9.80 Å². The summed E-state index contributed by atoms with van der Waals surface area (Å²) in [6, 6.07) is 11.3. The Labute approximate surface area is 163 Å². The van der Waals surface area contributed by atoms with Gasteiger partial charge < -0.3 is 0 Å². The van der Waals surface area contributed by atoms with E-state index in [0.29, 0.717) is 11.4 Å². The number of halogens is 1. The van der Waals surface area contributed by atoms with Crippen LogP contribution in [0, 0.1) is 10.1 Å². The minimum absolute atomic E-state index is 0.0919. The van der Waals surface area contributed by atoms with Gasteiger partial charge in [0.15, 0.2) is 9.84 Å². The standard InChI is InChI=1S/C17H14BrN3O5S/c18-11-1-3-12(4-2-11)19-15-9-27(25,26)10-16(15)20(17(19)22)13-5-7-14(8-6-13)21(23)24/h1-8,15-16H,9-10H2/t15-,16-/m1/s1. The van der Waals surface area contributed by atoms with Crippen molar-refractivity contribution in [3.05, 3.63) is 63.1 Å². The van der Waals surface area contributed by atoms with Crippen LogP contribution in [-0.4, -0.2) is 43.0 Å². The van der Waals surface area contributed by atoms with Gasteiger partial charge in [0.1, 0.15) is 0 Å². The molecular formula is C17H14BrN3O5S. The number of sulfone groups is 1. The zero-order chi connectivity index (χ0) is 19.3. The van der Waals surface area contributed by atoms with Gasteiger partial charge in [-0.15, -0.1) is 0 Å². The van der Waals surface area contributed by atoms with Crippen molar-refractivity contribution in [1.29, 1.82) is 0 Å². The Bertz CT molecular complexity index is 1020. The molecule has 10 heteroatoms. The third-order valence-corrected chi connectivity index (χ3v) is 7.04. The molecule has 2 fully saturated rings. The van der Waals surface area contributed by atoms with Gasteiger partial charge in [-0.25, -0.2) is 13.2 Å². The van der Waals surface area contributed by atoms with Gasteiger partial charge in [0.25, 0.3) is 5.69 Å². The fourth-order valence-corrected chi connectivity index (χ4v) is 5.83. The molecule has 0 N–H and O–H groups in total. The van der Waals surface area contributed by atoms with E-state index in [4.69, 9.17) is 0 Å². The Morgan fingerprint density at radius 2 is 1.37 bits per heavy atom. The van der Waals surface area contributed by atoms with Crippen molar-refractivity contribution in [3.63, 3.8) is 0 Å². The second kappa shape index (κ2) is 6.31. The second-order valence-corrected chi connectivity index (χ2v) is 9.55. The number of hydrogen-bond donors (Lipinski definition) is 0. The molecule has 4 rings (SSSR count). The summed E-state index contributed by atoms with van der Waals surface area (Å²) >= 11 is 3.35. The van der Waals surface area contributed by atoms with Crippen molar-refractivity contribution in [2.45, 2.75) is 12.1 Å². The Hall–Kier alpha value is -2.46. The molecule has 2 amide bonds. The number of rotatable bonds is 3. The van der Waals surface area contributed by atoms with Gasteiger partial charge in [-0.2, -0.15) is 0 Å². The molecule has 0 aliphatic carbocycles. The van der Waals surface area contributed by atoms with Crippen molar-refractivity contribution < 1.29 is 18.1 Å². The van der Waals surface area contributed by atoms with Crippen LogP contribution in [0.1, 0.15) is 0 Å². The molecule has 2 aromatic rings. The highest BCUT2D eigenvalue weighted by Crippen LogP contribution is 2.38. The maximum Gasteiger partial charge on any atom is 0.329 e. The van der Waals surface area contributed by atoms with Crippen LogP contribution in [0.5, 0.6) is 0 Å². The Morgan fingerprint density at radius 1 is 0.926 bits per heavy atom. The Morgan fingerprint density at radius 3 is 1.81 bits per heavy atom. The predicted molar refractivity (Wildman–Crippen MR) is 104 cm³/mol. The summed E-state index contributed by atoms with van der Waals surface area (Å²) in [5.41, 5.74) is 0.961. The summed E-state index contributed by atoms with van der Waals surface area (Å²) in [7, 11) is -3.29. The minimum Gasteiger partial charge on any atom is -0.288 e. The number of carbonyl (C=O) groups is 1. The van der Waals surface area contributed by atoms with E-state index < -0.39 is 26.8 Å². The Kier molecular flexibility index (Phi) is 4.19. The second-order valence-electron chi connectivity index (χ2n) is 6.48. The van der Waals surface area contributed by atoms with Crippen LogP contribution in [-0.2, 0) is 9.84 Å². The molecule has 8 nitrogen and oxygen atoms in total. The number of urea groups is 1. The molecule has 27 heavy (non-hydrogen) atoms. The molecular weight excluding hydrogens is 438 g/mol. The van der Waals surface area contributed by atoms with Gasteiger partial charge in [-0.1, -0.05) is 15.9 Å². The van der Waals surface area contributed by atoms with Crippen LogP contribution >= 0.6 is 15.9 Å². The largest absolute Gasteiger partial charge is 0.329 e. The van der Waals surface area contributed by atoms with E-state index in [1.807, 2.05) is 0 Å². The van der Waals surface area contributed by atoms with Crippen LogP contribution in [0.4, 0.5) is 21.9 Å². The van der Waals surface area contributed by atoms with Gasteiger partial charge in [0.05, 0.1) is 28.5 Å². The monoisotopic (exact) mass is 451 g/mol. The lowest BCUT2D eigenvalue weighted by Crippen LogP contribution is -2.37. The maximum absolute atomic E-state index is 13.1. The lowest BCUT2D eigenvalue weighted by atomic mass is 10.1. The molecule has 0 spiro atoms. The lowest BCUT2D eigenvalue weighted by molar-refractivity contribution is -0.384. The van der Waals surface area contributed by atoms with Crippen molar-refractivity contribution in [2.75, 3.05) is 21.3 Å². The van der Waals surface area contributed by atoms with Crippen LogP contribution in [0.25, 0.3) is 0 Å². The van der Waals surface area contributed by atoms with E-state index in [1.54, 1.807) is 24.3 Å². The summed E-state index contributed by atoms with van der Waals surface area (Å²) in [6.45, 7) is 0. The van der Waals surface area contributed by atoms with Gasteiger partial charge in [0.2, 0.25) is 0 Å². The van der Waals surface area contributed by atoms with Crippen LogP contribution in [0.3, 0.4) is 0 Å². The Balaban J connectivity index is 1.76. The van der Waals surface area contributed by atoms with E-state index in [9.17, 15) is 23.3 Å². The predicted octanol–water partition coefficient (Wildman–Crippen LogP) is 2.97. The highest BCUT2D eigenvalue weighted by Gasteiger charge is 2.54. The van der Waals surface area contributed by atoms with Gasteiger partial charge >= 0.3 is 6.03 Å². The summed E-state index contributed by atoms with van der Waals surface area (Å²) in [4.78, 5) is 26.4. The summed E-state index contributed by atoms with van der Waals surface area (Å²) in [5.74, 6) is -0.240. The van der Waals surface area contributed by atoms with Crippen molar-refractivity contribution in [3.8, 4) is 0 Å². The molecule has 0 bridgehead atoms. The van der Waals surface area contributed by atoms with Crippen LogP contribution in [0.15, 0.2) is 53.0 Å². The molecule has 2 atom stereocenters. The first-order valence-corrected chi connectivity index (χ1v) is 10.7. The van der Waals surface area contributed by atoms with E-state index in [-0.39, 0.29) is 23.2 Å². The number of nitrogens with zero attached hydrogens (tertiary/aromatic N) is 3. The number of hydrogen-bond acceptors (Lipinski definition) is 5. The zero-order valence-electron chi connectivity index (χ0n) is 13.9. The molecule has 0 radical (unpaired) electrons. The van der Waals surface area contributed by atoms with E-state index in [2.05, 4.69) is 15.9 Å². The number of carbonyl (C=O) groups excluding carboxylic acids is 1. The third kappa shape index (κ3) is 3.08. The first-order chi connectivity index (χ1) is 12.8. The number of nitro benzene ring substituents is 1. The molecule has 2 heterocycles. The number of benzene rings is 2. The number of anilines is 2. The molecule has 0 saturated carbocycles. The van der Waals surface area contributed by atoms with Gasteiger partial charge in [0, 0.05) is 28.0 Å². The zero-order valence-corrected chi connectivity index (χ0v) is 16.3. The molecule has 2 aliphatic heterocycles. The number of amides is 2. The molecule has 0 aromatic heterocycles. The molecule has 2 saturated heterocycles. The lowest BCUT2D eigenvalue weighted by Gasteiger charge is -2.22. The third-order valence-electron chi connectivity index (χ3n) is 4.81. The normalized spacial score (nSPS) is 23.5. The number of nitro groups is 1. The first-order valence-electron chi connectivity index (χ1n) is 8.10. The van der Waals surface area contributed by atoms with Crippen LogP contribution in [0.2, 0.25) is 0 Å². The smallest absolute Gasteiger partial charge is 0.288 e. The fourth-order valence-electron chi connectivity index (χ4n) is 3.64. The average Bonchev–Trinajstić information content (AvgIpc) is 3.05. The highest BCUT2D eigenvalue weighted by molar-refractivity contribution is 9.10. The fraction of sp³-hybridized carbons (Fsp3) is 0.235. The number of non-ortho nitro benzene ring substituents is 1. The molecule has 140 valence electrons. The van der Waals surface area contributed by atoms with Gasteiger partial charge in [-0.3, -0.25) is 19.9 Å². The molecule has 2 aliphatic rings. The average molecular weight is 452 g/mol. The van der Waals surface area contributed by atoms with E-state index >= 15 is 0 Å². The van der Waals surface area contributed by atoms with Crippen molar-refractivity contribution in [1.82, 2.24) is 0 Å². The molecule has 2 aromatic carbocycles. The highest BCUT2D eigenvalue weighted by atomic mass is 79.9. The van der Waals surface area contributed by atoms with E-state index in [0.717, 1.165) is 4.47 Å². The van der Waals surface area contributed by atoms with Crippen molar-refractivity contribution >= 4 is 48.9 Å². The maximum atomic E-state index is 13.1. The quantitative estimate of drug-likeness (QED) is 0.405. The summed E-state index contributed by atoms with van der Waals surface area (Å²) in [5, 5.41) is 10.9. The first kappa shape index (κ1) is 17.9. The summed E-state index contributed by atoms with van der Waals surface area (Å²) in [6.07, 6.45) is 0. The van der Waals surface area contributed by atoms with Gasteiger partial charge in [-0.05, 0) is 36.4 Å². The number of fused-ring (bicyclic) bond motifs is 1. The summed E-state index contributed by atoms with van der Waals surface area (Å²) < 4.78 is 25.3. The molecule has 0 unspecified atom stereocenters. The SMILES string of the molecule is O=C1N(c2ccc(Br)cc2)[C@@H]2CS(=O)(=O)C[C@H]2N1c1ccc([N+](=O)[O-])cc1. The topological polar surface area (TPSA) is 101 Å². The van der Waals surface area contributed by atoms with Crippen molar-refractivity contribution in [2.24, 2.45) is 0 Å². The minimum atomic E-state index is -3.29. The van der Waals surface area contributed by atoms with E-state index in [1.165, 1.54) is 34.1 Å².